The van der Waals surface area contributed by atoms with Crippen molar-refractivity contribution in [2.75, 3.05) is 25.2 Å². The number of hydrogen-bond donors (Lipinski definition) is 1. The summed E-state index contributed by atoms with van der Waals surface area (Å²) in [6.45, 7) is 9.05. The number of methoxy groups -OCH3 is 1. The van der Waals surface area contributed by atoms with E-state index in [0.717, 1.165) is 42.7 Å². The van der Waals surface area contributed by atoms with Crippen molar-refractivity contribution in [1.29, 1.82) is 0 Å². The maximum atomic E-state index is 13.6. The van der Waals surface area contributed by atoms with Crippen LogP contribution >= 0.6 is 0 Å². The smallest absolute Gasteiger partial charge is 0.304 e. The highest BCUT2D eigenvalue weighted by Crippen LogP contribution is 2.47. The zero-order valence-electron chi connectivity index (χ0n) is 26.5. The van der Waals surface area contributed by atoms with Crippen LogP contribution in [0, 0.1) is 5.92 Å². The van der Waals surface area contributed by atoms with Crippen molar-refractivity contribution in [2.24, 2.45) is 5.92 Å². The predicted molar refractivity (Wildman–Crippen MR) is 171 cm³/mol. The molecular formula is C34H46N2O7Si. The largest absolute Gasteiger partial charge is 0.497 e. The number of rotatable bonds is 11. The maximum absolute atomic E-state index is 13.6. The molecule has 2 amide bonds. The van der Waals surface area contributed by atoms with Crippen LogP contribution in [0.4, 0.5) is 5.69 Å². The molecule has 0 bridgehead atoms. The Morgan fingerprint density at radius 1 is 1.11 bits per heavy atom. The number of esters is 1. The van der Waals surface area contributed by atoms with E-state index in [2.05, 4.69) is 32.2 Å². The van der Waals surface area contributed by atoms with Crippen molar-refractivity contribution in [3.05, 3.63) is 54.1 Å². The van der Waals surface area contributed by atoms with Gasteiger partial charge >= 0.3 is 5.97 Å². The fourth-order valence-corrected chi connectivity index (χ4v) is 11.7. The third kappa shape index (κ3) is 6.57. The van der Waals surface area contributed by atoms with E-state index in [1.165, 1.54) is 17.0 Å². The van der Waals surface area contributed by atoms with Crippen LogP contribution in [-0.2, 0) is 30.3 Å². The summed E-state index contributed by atoms with van der Waals surface area (Å²) in [4.78, 5) is 40.8. The number of carbonyl (C=O) groups is 3. The second-order valence-electron chi connectivity index (χ2n) is 13.1. The summed E-state index contributed by atoms with van der Waals surface area (Å²) in [5.41, 5.74) is 2.02. The van der Waals surface area contributed by atoms with Gasteiger partial charge in [-0.1, -0.05) is 49.5 Å². The number of amides is 2. The molecule has 0 aromatic heterocycles. The second kappa shape index (κ2) is 13.4. The molecule has 3 aliphatic rings. The van der Waals surface area contributed by atoms with E-state index < -0.39 is 20.3 Å². The first-order valence-corrected chi connectivity index (χ1v) is 18.9. The Hall–Kier alpha value is -3.21. The topological polar surface area (TPSA) is 106 Å². The molecule has 5 rings (SSSR count). The van der Waals surface area contributed by atoms with Crippen molar-refractivity contribution in [1.82, 2.24) is 4.90 Å². The Labute approximate surface area is 261 Å². The number of ether oxygens (including phenoxy) is 3. The van der Waals surface area contributed by atoms with Crippen molar-refractivity contribution < 1.29 is 33.7 Å². The lowest BCUT2D eigenvalue weighted by Crippen LogP contribution is -2.54. The SMILES string of the molecule is COc1ccc([Si](C)(C)[C@@H]2[C@@H](C)[C@@H](CCc3cccc(N4C(=O)CC4OC(C)=O)c3)O[C@H]2CC(=O)N2CCC[C@H]2CO)cc1. The number of likely N-dealkylation sites (tertiary alicyclic amines) is 1. The number of carbonyl (C=O) groups excluding carboxylic acids is 3. The number of hydrogen-bond acceptors (Lipinski definition) is 7. The molecule has 3 saturated heterocycles. The first-order valence-electron chi connectivity index (χ1n) is 15.8. The number of benzene rings is 2. The van der Waals surface area contributed by atoms with Gasteiger partial charge in [-0.3, -0.25) is 19.3 Å². The normalized spacial score (nSPS) is 26.9. The Kier molecular flexibility index (Phi) is 9.82. The van der Waals surface area contributed by atoms with Gasteiger partial charge in [0.25, 0.3) is 0 Å². The highest BCUT2D eigenvalue weighted by atomic mass is 28.3. The first-order chi connectivity index (χ1) is 21.0. The van der Waals surface area contributed by atoms with Gasteiger partial charge in [-0.05, 0) is 67.0 Å². The van der Waals surface area contributed by atoms with Crippen LogP contribution < -0.4 is 14.8 Å². The lowest BCUT2D eigenvalue weighted by Gasteiger charge is -2.39. The molecule has 1 unspecified atom stereocenters. The number of nitrogens with zero attached hydrogens (tertiary/aromatic N) is 2. The van der Waals surface area contributed by atoms with E-state index in [9.17, 15) is 19.5 Å². The van der Waals surface area contributed by atoms with Crippen LogP contribution in [0.25, 0.3) is 0 Å². The Morgan fingerprint density at radius 2 is 1.86 bits per heavy atom. The summed E-state index contributed by atoms with van der Waals surface area (Å²) in [7, 11) is -0.456. The summed E-state index contributed by atoms with van der Waals surface area (Å²) in [6.07, 6.45) is 3.01. The third-order valence-corrected chi connectivity index (χ3v) is 14.4. The summed E-state index contributed by atoms with van der Waals surface area (Å²) >= 11 is 0. The summed E-state index contributed by atoms with van der Waals surface area (Å²) in [5, 5.41) is 11.2. The quantitative estimate of drug-likeness (QED) is 0.229. The minimum atomic E-state index is -2.13. The van der Waals surface area contributed by atoms with Crippen molar-refractivity contribution >= 4 is 36.7 Å². The van der Waals surface area contributed by atoms with Gasteiger partial charge in [0.05, 0.1) is 52.9 Å². The van der Waals surface area contributed by atoms with Gasteiger partial charge in [0.1, 0.15) is 5.75 Å². The van der Waals surface area contributed by atoms with Gasteiger partial charge in [-0.25, -0.2) is 0 Å². The van der Waals surface area contributed by atoms with Crippen molar-refractivity contribution in [3.63, 3.8) is 0 Å². The molecule has 3 heterocycles. The highest BCUT2D eigenvalue weighted by Gasteiger charge is 2.51. The van der Waals surface area contributed by atoms with E-state index in [4.69, 9.17) is 14.2 Å². The van der Waals surface area contributed by atoms with Crippen LogP contribution in [0.5, 0.6) is 5.75 Å². The minimum Gasteiger partial charge on any atom is -0.497 e. The standard InChI is InChI=1S/C34H46N2O7Si/c1-22-29(16-11-24-8-6-9-25(18-24)36-32(40)20-33(36)42-23(2)38)43-30(19-31(39)35-17-7-10-26(35)21-37)34(22)44(4,5)28-14-12-27(41-3)13-15-28/h6,8-9,12-15,18,22,26,29-30,33-34,37H,7,10-11,16-17,19-21H2,1-5H3/t22-,26-,29+,30-,33?,34+/m0/s1. The van der Waals surface area contributed by atoms with E-state index in [1.54, 1.807) is 7.11 Å². The predicted octanol–water partition coefficient (Wildman–Crippen LogP) is 4.02. The Balaban J connectivity index is 1.34. The number of aliphatic hydroxyl groups is 1. The van der Waals surface area contributed by atoms with E-state index >= 15 is 0 Å². The average Bonchev–Trinajstić information content (AvgIpc) is 3.60. The molecule has 9 nitrogen and oxygen atoms in total. The van der Waals surface area contributed by atoms with E-state index in [0.29, 0.717) is 13.0 Å². The molecular weight excluding hydrogens is 576 g/mol. The zero-order valence-corrected chi connectivity index (χ0v) is 27.5. The second-order valence-corrected chi connectivity index (χ2v) is 17.7. The van der Waals surface area contributed by atoms with Crippen molar-refractivity contribution in [2.45, 2.75) is 95.5 Å². The Morgan fingerprint density at radius 3 is 2.52 bits per heavy atom. The maximum Gasteiger partial charge on any atom is 0.304 e. The lowest BCUT2D eigenvalue weighted by molar-refractivity contribution is -0.154. The molecule has 6 atom stereocenters. The van der Waals surface area contributed by atoms with Crippen molar-refractivity contribution in [3.8, 4) is 5.75 Å². The fraction of sp³-hybridized carbons (Fsp3) is 0.559. The fourth-order valence-electron chi connectivity index (χ4n) is 7.64. The molecule has 0 spiro atoms. The van der Waals surface area contributed by atoms with Gasteiger partial charge in [0, 0.05) is 19.2 Å². The number of anilines is 1. The van der Waals surface area contributed by atoms with Crippen LogP contribution in [0.2, 0.25) is 18.6 Å². The lowest BCUT2D eigenvalue weighted by atomic mass is 9.94. The van der Waals surface area contributed by atoms with Gasteiger partial charge in [-0.15, -0.1) is 0 Å². The molecule has 2 aromatic rings. The molecule has 0 aliphatic carbocycles. The van der Waals surface area contributed by atoms with E-state index in [-0.39, 0.29) is 54.6 Å². The van der Waals surface area contributed by atoms with Crippen LogP contribution in [0.15, 0.2) is 48.5 Å². The highest BCUT2D eigenvalue weighted by molar-refractivity contribution is 6.91. The van der Waals surface area contributed by atoms with Gasteiger partial charge < -0.3 is 24.2 Å². The molecule has 2 aromatic carbocycles. The number of aliphatic hydroxyl groups excluding tert-OH is 1. The zero-order chi connectivity index (χ0) is 31.6. The molecule has 3 aliphatic heterocycles. The number of β-lactam (4-membered cyclic amide) rings is 1. The molecule has 0 radical (unpaired) electrons. The van der Waals surface area contributed by atoms with Crippen LogP contribution in [-0.4, -0.2) is 80.6 Å². The molecule has 0 saturated carbocycles. The molecule has 44 heavy (non-hydrogen) atoms. The first kappa shape index (κ1) is 32.2. The van der Waals surface area contributed by atoms with Crippen LogP contribution in [0.3, 0.4) is 0 Å². The van der Waals surface area contributed by atoms with E-state index in [1.807, 2.05) is 41.3 Å². The summed E-state index contributed by atoms with van der Waals surface area (Å²) in [5.74, 6) is 0.653. The molecule has 1 N–H and O–H groups in total. The molecule has 3 fully saturated rings. The van der Waals surface area contributed by atoms with Gasteiger partial charge in [-0.2, -0.15) is 0 Å². The molecule has 10 heteroatoms. The van der Waals surface area contributed by atoms with Gasteiger partial charge in [0.15, 0.2) is 6.23 Å². The summed E-state index contributed by atoms with van der Waals surface area (Å²) in [6, 6.07) is 16.1. The third-order valence-electron chi connectivity index (χ3n) is 9.97. The average molecular weight is 623 g/mol. The van der Waals surface area contributed by atoms with Crippen LogP contribution in [0.1, 0.15) is 51.5 Å². The Bertz CT molecular complexity index is 1350. The van der Waals surface area contributed by atoms with Gasteiger partial charge in [0.2, 0.25) is 11.8 Å². The summed E-state index contributed by atoms with van der Waals surface area (Å²) < 4.78 is 17.5. The minimum absolute atomic E-state index is 0.00444. The molecule has 238 valence electrons. The number of aryl methyl sites for hydroxylation is 1. The monoisotopic (exact) mass is 622 g/mol.